The molecule has 12 heteroatoms. The van der Waals surface area contributed by atoms with Crippen molar-refractivity contribution in [3.05, 3.63) is 411 Å². The molecule has 0 aliphatic heterocycles. The first kappa shape index (κ1) is 73.4. The highest BCUT2D eigenvalue weighted by Crippen LogP contribution is 2.36. The number of pyridine rings is 3. The van der Waals surface area contributed by atoms with E-state index < -0.39 is 0 Å². The number of hydrogen-bond acceptors (Lipinski definition) is 12. The molecule has 0 aliphatic rings. The third-order valence-corrected chi connectivity index (χ3v) is 20.1. The average Bonchev–Trinajstić information content (AvgIpc) is 0.798. The summed E-state index contributed by atoms with van der Waals surface area (Å²) in [5.74, 6) is 5.83. The van der Waals surface area contributed by atoms with Crippen LogP contribution >= 0.6 is 0 Å². The Kier molecular flexibility index (Phi) is 21.6. The van der Waals surface area contributed by atoms with Crippen molar-refractivity contribution < 1.29 is 0 Å². The Balaban J connectivity index is 0.000000125. The number of rotatable bonds is 15. The maximum atomic E-state index is 4.91. The van der Waals surface area contributed by atoms with Crippen molar-refractivity contribution >= 4 is 10.8 Å². The lowest BCUT2D eigenvalue weighted by Gasteiger charge is -2.11. The number of fused-ring (bicyclic) bond motifs is 1. The van der Waals surface area contributed by atoms with Gasteiger partial charge >= 0.3 is 0 Å². The first-order valence-corrected chi connectivity index (χ1v) is 38.6. The van der Waals surface area contributed by atoms with Gasteiger partial charge < -0.3 is 0 Å². The minimum atomic E-state index is 0.637. The van der Waals surface area contributed by atoms with Crippen LogP contribution in [0, 0.1) is 27.7 Å². The van der Waals surface area contributed by atoms with Crippen molar-refractivity contribution in [1.82, 2.24) is 59.8 Å². The van der Waals surface area contributed by atoms with Gasteiger partial charge in [0.15, 0.2) is 52.4 Å². The normalized spacial score (nSPS) is 10.9. The highest BCUT2D eigenvalue weighted by atomic mass is 15.1. The van der Waals surface area contributed by atoms with Gasteiger partial charge in [-0.2, -0.15) is 0 Å². The van der Waals surface area contributed by atoms with Gasteiger partial charge in [-0.15, -0.1) is 0 Å². The lowest BCUT2D eigenvalue weighted by Crippen LogP contribution is -2.00. The Hall–Kier alpha value is -15.4. The van der Waals surface area contributed by atoms with E-state index in [0.29, 0.717) is 52.4 Å². The van der Waals surface area contributed by atoms with Crippen LogP contribution in [0.1, 0.15) is 22.8 Å². The third-order valence-electron chi connectivity index (χ3n) is 20.1. The Morgan fingerprint density at radius 1 is 0.164 bits per heavy atom. The van der Waals surface area contributed by atoms with Crippen LogP contribution in [-0.2, 0) is 0 Å². The monoisotopic (exact) mass is 1490 g/mol. The van der Waals surface area contributed by atoms with E-state index >= 15 is 0 Å². The molecule has 19 aromatic rings. The lowest BCUT2D eigenvalue weighted by molar-refractivity contribution is 1.07. The average molecular weight is 1490 g/mol. The molecule has 0 unspecified atom stereocenters. The molecule has 0 spiro atoms. The van der Waals surface area contributed by atoms with Gasteiger partial charge in [0.25, 0.3) is 0 Å². The van der Waals surface area contributed by atoms with Gasteiger partial charge in [-0.25, -0.2) is 44.9 Å². The molecule has 0 saturated heterocycles. The van der Waals surface area contributed by atoms with Gasteiger partial charge in [-0.1, -0.05) is 352 Å². The molecule has 19 rings (SSSR count). The van der Waals surface area contributed by atoms with Crippen molar-refractivity contribution in [2.24, 2.45) is 0 Å². The summed E-state index contributed by atoms with van der Waals surface area (Å²) in [6.45, 7) is 8.09. The molecule has 6 aromatic heterocycles. The zero-order valence-corrected chi connectivity index (χ0v) is 64.3. The molecule has 0 aliphatic carbocycles. The van der Waals surface area contributed by atoms with Crippen LogP contribution in [-0.4, -0.2) is 59.8 Å². The van der Waals surface area contributed by atoms with Crippen molar-refractivity contribution in [2.45, 2.75) is 27.7 Å². The molecule has 0 saturated carbocycles. The van der Waals surface area contributed by atoms with Gasteiger partial charge in [0.1, 0.15) is 0 Å². The summed E-state index contributed by atoms with van der Waals surface area (Å²) in [5.41, 5.74) is 25.9. The number of aryl methyl sites for hydroxylation is 4. The van der Waals surface area contributed by atoms with E-state index in [0.717, 1.165) is 134 Å². The highest BCUT2D eigenvalue weighted by molar-refractivity contribution is 5.95. The second-order valence-electron chi connectivity index (χ2n) is 28.2. The molecule has 116 heavy (non-hydrogen) atoms. The summed E-state index contributed by atoms with van der Waals surface area (Å²) >= 11 is 0. The standard InChI is InChI=1S/C37H26N4.C34H26N4.C33H24N4/c1-25-23-31-15-8-9-18-33(31)34(38-25)27-21-19-26(20-22-27)30-16-10-17-32(24-30)37-40-35(28-11-4-2-5-12-28)39-36(41-37)29-13-6-3-7-14-29;1-23-13-22-31(24(2)35-23)27-16-20-30(21-17-27)34-37-32(28-11-7-4-8-12-28)36-33(38-34)29-18-14-26(15-19-29)25-9-5-3-6-10-25;1-23-15-16-30(22-34-23)28-13-8-14-29(21-28)33-36-31(26-11-6-3-7-12-26)35-32(37-33)27-19-17-25(18-20-27)24-9-4-2-5-10-24/h2-24H,1H3;3-22H,1-2H3;2-22H,1H3. The van der Waals surface area contributed by atoms with Crippen LogP contribution in [0.15, 0.2) is 388 Å². The van der Waals surface area contributed by atoms with Crippen molar-refractivity contribution in [2.75, 3.05) is 0 Å². The van der Waals surface area contributed by atoms with E-state index in [4.69, 9.17) is 49.8 Å². The molecule has 0 N–H and O–H groups in total. The van der Waals surface area contributed by atoms with Crippen LogP contribution in [0.5, 0.6) is 0 Å². The highest BCUT2D eigenvalue weighted by Gasteiger charge is 2.19. The van der Waals surface area contributed by atoms with Crippen LogP contribution < -0.4 is 0 Å². The van der Waals surface area contributed by atoms with Gasteiger partial charge in [-0.05, 0) is 108 Å². The molecule has 0 radical (unpaired) electrons. The fraction of sp³-hybridized carbons (Fsp3) is 0.0385. The zero-order chi connectivity index (χ0) is 78.5. The number of nitrogens with zero attached hydrogens (tertiary/aromatic N) is 12. The Morgan fingerprint density at radius 3 is 0.819 bits per heavy atom. The minimum Gasteiger partial charge on any atom is -0.261 e. The summed E-state index contributed by atoms with van der Waals surface area (Å²) in [6, 6.07) is 130. The molecule has 0 fully saturated rings. The predicted octanol–water partition coefficient (Wildman–Crippen LogP) is 25.2. The smallest absolute Gasteiger partial charge is 0.164 e. The molecule has 0 atom stereocenters. The lowest BCUT2D eigenvalue weighted by atomic mass is 9.98. The number of benzene rings is 13. The van der Waals surface area contributed by atoms with Crippen LogP contribution in [0.3, 0.4) is 0 Å². The Labute approximate surface area is 674 Å². The number of aromatic nitrogens is 12. The maximum absolute atomic E-state index is 4.91. The SMILES string of the molecule is Cc1cc2ccccc2c(-c2ccc(-c3cccc(-c4nc(-c5ccccc5)nc(-c5ccccc5)n4)c3)cc2)n1.Cc1ccc(-c2ccc(-c3nc(-c4ccccc4)nc(-c4ccc(-c5ccccc5)cc4)n3)cc2)c(C)n1.Cc1ccc(-c2cccc(-c3nc(-c4ccccc4)nc(-c4ccc(-c5ccccc5)cc4)n3)c2)cn1. The van der Waals surface area contributed by atoms with E-state index in [1.54, 1.807) is 0 Å². The van der Waals surface area contributed by atoms with Crippen molar-refractivity contribution in [3.8, 4) is 169 Å². The van der Waals surface area contributed by atoms with Gasteiger partial charge in [0.05, 0.1) is 5.69 Å². The first-order chi connectivity index (χ1) is 57.1. The summed E-state index contributed by atoms with van der Waals surface area (Å²) in [4.78, 5) is 57.8. The molecule has 552 valence electrons. The summed E-state index contributed by atoms with van der Waals surface area (Å²) in [5, 5.41) is 2.36. The molecular formula is C104H76N12. The molecule has 13 aromatic carbocycles. The zero-order valence-electron chi connectivity index (χ0n) is 64.3. The molecule has 0 bridgehead atoms. The summed E-state index contributed by atoms with van der Waals surface area (Å²) in [7, 11) is 0. The van der Waals surface area contributed by atoms with E-state index in [1.807, 2.05) is 192 Å². The topological polar surface area (TPSA) is 155 Å². The Bertz CT molecular complexity index is 6540. The van der Waals surface area contributed by atoms with Crippen LogP contribution in [0.25, 0.3) is 180 Å². The maximum Gasteiger partial charge on any atom is 0.164 e. The summed E-state index contributed by atoms with van der Waals surface area (Å²) < 4.78 is 0. The van der Waals surface area contributed by atoms with E-state index in [9.17, 15) is 0 Å². The molecule has 6 heterocycles. The fourth-order valence-corrected chi connectivity index (χ4v) is 14.0. The van der Waals surface area contributed by atoms with Gasteiger partial charge in [-0.3, -0.25) is 15.0 Å². The number of hydrogen-bond donors (Lipinski definition) is 0. The third kappa shape index (κ3) is 17.1. The second-order valence-corrected chi connectivity index (χ2v) is 28.2. The molecular weight excluding hydrogens is 1420 g/mol. The first-order valence-electron chi connectivity index (χ1n) is 38.6. The Morgan fingerprint density at radius 2 is 0.440 bits per heavy atom. The van der Waals surface area contributed by atoms with Crippen LogP contribution in [0.4, 0.5) is 0 Å². The van der Waals surface area contributed by atoms with Gasteiger partial charge in [0, 0.05) is 101 Å². The van der Waals surface area contributed by atoms with Gasteiger partial charge in [0.2, 0.25) is 0 Å². The quantitative estimate of drug-likeness (QED) is 0.0959. The molecule has 0 amide bonds. The second kappa shape index (κ2) is 34.1. The van der Waals surface area contributed by atoms with Crippen molar-refractivity contribution in [1.29, 1.82) is 0 Å². The van der Waals surface area contributed by atoms with E-state index in [1.165, 1.54) is 16.5 Å². The fourth-order valence-electron chi connectivity index (χ4n) is 14.0. The predicted molar refractivity (Wildman–Crippen MR) is 471 cm³/mol. The molecule has 12 nitrogen and oxygen atoms in total. The summed E-state index contributed by atoms with van der Waals surface area (Å²) in [6.07, 6.45) is 1.90. The minimum absolute atomic E-state index is 0.637. The van der Waals surface area contributed by atoms with E-state index in [-0.39, 0.29) is 0 Å². The van der Waals surface area contributed by atoms with Crippen molar-refractivity contribution in [3.63, 3.8) is 0 Å². The van der Waals surface area contributed by atoms with E-state index in [2.05, 4.69) is 234 Å². The largest absolute Gasteiger partial charge is 0.261 e. The van der Waals surface area contributed by atoms with Crippen LogP contribution in [0.2, 0.25) is 0 Å².